The van der Waals surface area contributed by atoms with Crippen molar-refractivity contribution in [3.05, 3.63) is 33.9 Å². The van der Waals surface area contributed by atoms with E-state index in [4.69, 9.17) is 9.84 Å². The number of nitro groups is 1. The van der Waals surface area contributed by atoms with Crippen LogP contribution in [0.2, 0.25) is 0 Å². The Hall–Kier alpha value is -2.19. The minimum atomic E-state index is -1.20. The van der Waals surface area contributed by atoms with Gasteiger partial charge in [0.05, 0.1) is 22.3 Å². The first-order valence-electron chi connectivity index (χ1n) is 6.43. The molecule has 21 heavy (non-hydrogen) atoms. The number of nitro benzene ring substituents is 1. The summed E-state index contributed by atoms with van der Waals surface area (Å²) in [5.41, 5.74) is -1.33. The van der Waals surface area contributed by atoms with Crippen LogP contribution in [0.3, 0.4) is 0 Å². The number of benzene rings is 1. The molecular formula is C13H16N2O6. The third-order valence-electron chi connectivity index (χ3n) is 3.69. The molecule has 1 saturated heterocycles. The topological polar surface area (TPSA) is 122 Å². The zero-order valence-corrected chi connectivity index (χ0v) is 11.4. The van der Waals surface area contributed by atoms with E-state index < -0.39 is 22.6 Å². The van der Waals surface area contributed by atoms with Crippen molar-refractivity contribution >= 4 is 17.3 Å². The van der Waals surface area contributed by atoms with Gasteiger partial charge in [0.2, 0.25) is 0 Å². The fourth-order valence-corrected chi connectivity index (χ4v) is 2.23. The molecular weight excluding hydrogens is 280 g/mol. The molecule has 1 aromatic rings. The summed E-state index contributed by atoms with van der Waals surface area (Å²) in [6.07, 6.45) is 0.0235. The first-order valence-corrected chi connectivity index (χ1v) is 6.43. The Morgan fingerprint density at radius 2 is 2.33 bits per heavy atom. The maximum Gasteiger partial charge on any atom is 0.337 e. The number of carboxylic acids is 1. The van der Waals surface area contributed by atoms with Crippen LogP contribution in [-0.2, 0) is 4.74 Å². The summed E-state index contributed by atoms with van der Waals surface area (Å²) >= 11 is 0. The number of carboxylic acid groups (broad SMARTS) is 1. The van der Waals surface area contributed by atoms with Crippen molar-refractivity contribution in [2.45, 2.75) is 25.0 Å². The van der Waals surface area contributed by atoms with Gasteiger partial charge >= 0.3 is 5.97 Å². The van der Waals surface area contributed by atoms with E-state index in [1.54, 1.807) is 6.92 Å². The number of ether oxygens (including phenoxy) is 1. The average Bonchev–Trinajstić information content (AvgIpc) is 2.76. The van der Waals surface area contributed by atoms with E-state index >= 15 is 0 Å². The predicted molar refractivity (Wildman–Crippen MR) is 73.5 cm³/mol. The van der Waals surface area contributed by atoms with Crippen LogP contribution in [-0.4, -0.2) is 46.0 Å². The average molecular weight is 296 g/mol. The third kappa shape index (κ3) is 3.11. The SMILES string of the molecule is CC1OCCC1(O)CNc1cc([N+](=O)[O-])ccc1C(=O)O. The van der Waals surface area contributed by atoms with Gasteiger partial charge in [-0.05, 0) is 13.0 Å². The van der Waals surface area contributed by atoms with E-state index in [9.17, 15) is 20.0 Å². The molecule has 2 rings (SSSR count). The second-order valence-electron chi connectivity index (χ2n) is 5.01. The Morgan fingerprint density at radius 3 is 2.86 bits per heavy atom. The van der Waals surface area contributed by atoms with Crippen LogP contribution in [0, 0.1) is 10.1 Å². The van der Waals surface area contributed by atoms with Gasteiger partial charge in [0, 0.05) is 31.7 Å². The molecule has 0 aromatic heterocycles. The number of nitrogens with one attached hydrogen (secondary N) is 1. The number of aromatic carboxylic acids is 1. The van der Waals surface area contributed by atoms with Crippen LogP contribution in [0.1, 0.15) is 23.7 Å². The lowest BCUT2D eigenvalue weighted by molar-refractivity contribution is -0.384. The van der Waals surface area contributed by atoms with Crippen LogP contribution in [0.4, 0.5) is 11.4 Å². The van der Waals surface area contributed by atoms with Crippen LogP contribution in [0.5, 0.6) is 0 Å². The van der Waals surface area contributed by atoms with Gasteiger partial charge in [0.1, 0.15) is 5.60 Å². The number of hydrogen-bond donors (Lipinski definition) is 3. The van der Waals surface area contributed by atoms with Crippen molar-refractivity contribution in [1.82, 2.24) is 0 Å². The summed E-state index contributed by atoms with van der Waals surface area (Å²) in [4.78, 5) is 21.3. The van der Waals surface area contributed by atoms with E-state index in [-0.39, 0.29) is 23.5 Å². The highest BCUT2D eigenvalue weighted by atomic mass is 16.6. The second-order valence-corrected chi connectivity index (χ2v) is 5.01. The first kappa shape index (κ1) is 15.2. The molecule has 0 bridgehead atoms. The lowest BCUT2D eigenvalue weighted by atomic mass is 9.96. The van der Waals surface area contributed by atoms with Crippen molar-refractivity contribution < 1.29 is 24.7 Å². The lowest BCUT2D eigenvalue weighted by Crippen LogP contribution is -2.43. The number of nitrogens with zero attached hydrogens (tertiary/aromatic N) is 1. The largest absolute Gasteiger partial charge is 0.478 e. The second kappa shape index (κ2) is 5.66. The van der Waals surface area contributed by atoms with E-state index in [0.29, 0.717) is 13.0 Å². The van der Waals surface area contributed by atoms with E-state index in [1.807, 2.05) is 0 Å². The molecule has 114 valence electrons. The molecule has 0 radical (unpaired) electrons. The molecule has 0 spiro atoms. The molecule has 3 N–H and O–H groups in total. The maximum absolute atomic E-state index is 11.1. The lowest BCUT2D eigenvalue weighted by Gasteiger charge is -2.27. The Labute approximate surface area is 120 Å². The highest BCUT2D eigenvalue weighted by molar-refractivity contribution is 5.94. The molecule has 1 aliphatic heterocycles. The van der Waals surface area contributed by atoms with E-state index in [0.717, 1.165) is 12.1 Å². The Bertz CT molecular complexity index is 576. The molecule has 0 saturated carbocycles. The molecule has 0 aliphatic carbocycles. The maximum atomic E-state index is 11.1. The van der Waals surface area contributed by atoms with Gasteiger partial charge in [-0.3, -0.25) is 10.1 Å². The number of non-ortho nitro benzene ring substituents is 1. The molecule has 8 nitrogen and oxygen atoms in total. The molecule has 1 heterocycles. The van der Waals surface area contributed by atoms with Gasteiger partial charge in [0.15, 0.2) is 0 Å². The van der Waals surface area contributed by atoms with Gasteiger partial charge < -0.3 is 20.3 Å². The molecule has 1 aliphatic rings. The van der Waals surface area contributed by atoms with Gasteiger partial charge in [-0.2, -0.15) is 0 Å². The summed E-state index contributed by atoms with van der Waals surface area (Å²) in [5, 5.41) is 33.0. The van der Waals surface area contributed by atoms with Gasteiger partial charge in [0.25, 0.3) is 5.69 Å². The monoisotopic (exact) mass is 296 g/mol. The smallest absolute Gasteiger partial charge is 0.337 e. The van der Waals surface area contributed by atoms with Crippen molar-refractivity contribution in [2.24, 2.45) is 0 Å². The molecule has 8 heteroatoms. The Balaban J connectivity index is 2.23. The third-order valence-corrected chi connectivity index (χ3v) is 3.69. The number of anilines is 1. The highest BCUT2D eigenvalue weighted by Crippen LogP contribution is 2.28. The molecule has 2 atom stereocenters. The van der Waals surface area contributed by atoms with Gasteiger partial charge in [-0.25, -0.2) is 4.79 Å². The molecule has 1 aromatic carbocycles. The fraction of sp³-hybridized carbons (Fsp3) is 0.462. The summed E-state index contributed by atoms with van der Waals surface area (Å²) < 4.78 is 5.28. The number of rotatable bonds is 5. The van der Waals surface area contributed by atoms with Gasteiger partial charge in [-0.15, -0.1) is 0 Å². The van der Waals surface area contributed by atoms with Crippen molar-refractivity contribution in [3.63, 3.8) is 0 Å². The minimum Gasteiger partial charge on any atom is -0.478 e. The van der Waals surface area contributed by atoms with Crippen molar-refractivity contribution in [3.8, 4) is 0 Å². The summed E-state index contributed by atoms with van der Waals surface area (Å²) in [6.45, 7) is 2.19. The quantitative estimate of drug-likeness (QED) is 0.552. The minimum absolute atomic E-state index is 0.0512. The predicted octanol–water partition coefficient (Wildman–Crippen LogP) is 1.24. The molecule has 2 unspecified atom stereocenters. The summed E-state index contributed by atoms with van der Waals surface area (Å²) in [7, 11) is 0. The number of aliphatic hydroxyl groups is 1. The number of hydrogen-bond acceptors (Lipinski definition) is 6. The van der Waals surface area contributed by atoms with E-state index in [1.165, 1.54) is 6.07 Å². The normalized spacial score (nSPS) is 24.8. The van der Waals surface area contributed by atoms with Crippen LogP contribution >= 0.6 is 0 Å². The highest BCUT2D eigenvalue weighted by Gasteiger charge is 2.39. The van der Waals surface area contributed by atoms with E-state index in [2.05, 4.69) is 5.32 Å². The van der Waals surface area contributed by atoms with Crippen LogP contribution in [0.25, 0.3) is 0 Å². The van der Waals surface area contributed by atoms with Gasteiger partial charge in [-0.1, -0.05) is 0 Å². The van der Waals surface area contributed by atoms with Crippen molar-refractivity contribution in [1.29, 1.82) is 0 Å². The van der Waals surface area contributed by atoms with Crippen LogP contribution in [0.15, 0.2) is 18.2 Å². The number of carbonyl (C=O) groups is 1. The van der Waals surface area contributed by atoms with Crippen LogP contribution < -0.4 is 5.32 Å². The summed E-state index contributed by atoms with van der Waals surface area (Å²) in [6, 6.07) is 3.44. The Morgan fingerprint density at radius 1 is 1.62 bits per heavy atom. The molecule has 1 fully saturated rings. The Kier molecular flexibility index (Phi) is 4.10. The fourth-order valence-electron chi connectivity index (χ4n) is 2.23. The van der Waals surface area contributed by atoms with Crippen molar-refractivity contribution in [2.75, 3.05) is 18.5 Å². The zero-order valence-electron chi connectivity index (χ0n) is 11.4. The summed E-state index contributed by atoms with van der Waals surface area (Å²) in [5.74, 6) is -1.20. The zero-order chi connectivity index (χ0) is 15.6. The standard InChI is InChI=1S/C13H16N2O6/c1-8-13(18,4-5-21-8)7-14-11-6-9(15(19)20)2-3-10(11)12(16)17/h2-3,6,8,14,18H,4-5,7H2,1H3,(H,16,17). The first-order chi connectivity index (χ1) is 9.83. The molecule has 0 amide bonds.